The smallest absolute Gasteiger partial charge is 0.185 e. The van der Waals surface area contributed by atoms with Gasteiger partial charge in [-0.1, -0.05) is 42.5 Å². The van der Waals surface area contributed by atoms with Crippen LogP contribution in [0.3, 0.4) is 0 Å². The number of halogens is 2. The molecule has 0 atom stereocenters. The van der Waals surface area contributed by atoms with Gasteiger partial charge in [-0.15, -0.1) is 11.3 Å². The number of nitrogens with zero attached hydrogens (tertiary/aromatic N) is 1. The van der Waals surface area contributed by atoms with Gasteiger partial charge < -0.3 is 5.11 Å². The zero-order chi connectivity index (χ0) is 12.3. The molecule has 1 aromatic rings. The van der Waals surface area contributed by atoms with Crippen LogP contribution in [0.1, 0.15) is 37.0 Å². The maximum absolute atomic E-state index is 9.48. The van der Waals surface area contributed by atoms with Crippen molar-refractivity contribution in [1.82, 2.24) is 4.98 Å². The van der Waals surface area contributed by atoms with Gasteiger partial charge in [0.15, 0.2) is 4.47 Å². The summed E-state index contributed by atoms with van der Waals surface area (Å²) in [6.45, 7) is 0.0938. The van der Waals surface area contributed by atoms with Crippen molar-refractivity contribution in [2.24, 2.45) is 5.92 Å². The third kappa shape index (κ3) is 3.44. The van der Waals surface area contributed by atoms with E-state index in [0.717, 1.165) is 23.3 Å². The Balaban J connectivity index is 2.19. The van der Waals surface area contributed by atoms with Crippen molar-refractivity contribution in [3.05, 3.63) is 20.1 Å². The zero-order valence-corrected chi connectivity index (χ0v) is 11.8. The molecule has 1 aliphatic rings. The highest BCUT2D eigenvalue weighted by molar-refractivity contribution is 7.17. The van der Waals surface area contributed by atoms with Crippen LogP contribution >= 0.6 is 34.5 Å². The lowest BCUT2D eigenvalue weighted by molar-refractivity contribution is 0.295. The second kappa shape index (κ2) is 6.19. The van der Waals surface area contributed by atoms with Gasteiger partial charge in [-0.3, -0.25) is 0 Å². The zero-order valence-electron chi connectivity index (χ0n) is 9.46. The minimum Gasteiger partial charge on any atom is -0.392 e. The molecule has 0 saturated heterocycles. The number of aromatic nitrogens is 1. The van der Waals surface area contributed by atoms with Gasteiger partial charge in [0.1, 0.15) is 5.15 Å². The van der Waals surface area contributed by atoms with Gasteiger partial charge in [-0.05, 0) is 30.4 Å². The largest absolute Gasteiger partial charge is 0.392 e. The van der Waals surface area contributed by atoms with E-state index in [1.54, 1.807) is 0 Å². The molecule has 1 fully saturated rings. The van der Waals surface area contributed by atoms with E-state index in [4.69, 9.17) is 23.2 Å². The van der Waals surface area contributed by atoms with Gasteiger partial charge in [0.2, 0.25) is 0 Å². The Morgan fingerprint density at radius 2 is 2.06 bits per heavy atom. The second-order valence-electron chi connectivity index (χ2n) is 4.33. The molecule has 0 spiro atoms. The van der Waals surface area contributed by atoms with Gasteiger partial charge in [-0.2, -0.15) is 0 Å². The molecule has 0 aliphatic heterocycles. The molecule has 2 rings (SSSR count). The van der Waals surface area contributed by atoms with E-state index in [1.807, 2.05) is 6.08 Å². The Bertz CT molecular complexity index is 411. The van der Waals surface area contributed by atoms with E-state index < -0.39 is 0 Å². The van der Waals surface area contributed by atoms with E-state index in [0.29, 0.717) is 15.5 Å². The molecule has 0 amide bonds. The number of hydrogen-bond donors (Lipinski definition) is 1. The third-order valence-electron chi connectivity index (χ3n) is 3.21. The summed E-state index contributed by atoms with van der Waals surface area (Å²) in [5.41, 5.74) is 1.06. The number of aliphatic hydroxyl groups is 1. The molecule has 1 N–H and O–H groups in total. The Labute approximate surface area is 115 Å². The summed E-state index contributed by atoms with van der Waals surface area (Å²) in [4.78, 5) is 4.82. The monoisotopic (exact) mass is 291 g/mol. The predicted octanol–water partition coefficient (Wildman–Crippen LogP) is 4.41. The molecule has 0 unspecified atom stereocenters. The highest BCUT2D eigenvalue weighted by Crippen LogP contribution is 2.34. The normalized spacial score (nSPS) is 18.6. The summed E-state index contributed by atoms with van der Waals surface area (Å²) >= 11 is 13.1. The van der Waals surface area contributed by atoms with Crippen LogP contribution in [0.25, 0.3) is 6.08 Å². The third-order valence-corrected chi connectivity index (χ3v) is 4.72. The summed E-state index contributed by atoms with van der Waals surface area (Å²) < 4.78 is 0.446. The van der Waals surface area contributed by atoms with Crippen LogP contribution in [0, 0.1) is 5.92 Å². The first kappa shape index (κ1) is 13.3. The summed E-state index contributed by atoms with van der Waals surface area (Å²) in [5, 5.41) is 9.91. The molecule has 5 heteroatoms. The highest BCUT2D eigenvalue weighted by atomic mass is 35.5. The van der Waals surface area contributed by atoms with Gasteiger partial charge in [0, 0.05) is 0 Å². The van der Waals surface area contributed by atoms with Gasteiger partial charge >= 0.3 is 0 Å². The first-order chi connectivity index (χ1) is 8.20. The van der Waals surface area contributed by atoms with Crippen LogP contribution < -0.4 is 0 Å². The van der Waals surface area contributed by atoms with Crippen molar-refractivity contribution < 1.29 is 5.11 Å². The molecule has 0 aromatic carbocycles. The van der Waals surface area contributed by atoms with Gasteiger partial charge in [0.25, 0.3) is 0 Å². The Hall–Kier alpha value is -0.0900. The topological polar surface area (TPSA) is 33.1 Å². The van der Waals surface area contributed by atoms with Crippen LogP contribution in [0.4, 0.5) is 0 Å². The van der Waals surface area contributed by atoms with Crippen molar-refractivity contribution >= 4 is 40.6 Å². The molecule has 1 saturated carbocycles. The summed E-state index contributed by atoms with van der Waals surface area (Å²) in [5.74, 6) is 0.491. The average Bonchev–Trinajstić information content (AvgIpc) is 2.66. The Morgan fingerprint density at radius 3 is 2.59 bits per heavy atom. The number of thiazole rings is 1. The van der Waals surface area contributed by atoms with E-state index in [9.17, 15) is 5.11 Å². The van der Waals surface area contributed by atoms with Crippen LogP contribution in [0.15, 0.2) is 5.57 Å². The van der Waals surface area contributed by atoms with E-state index >= 15 is 0 Å². The molecular formula is C12H15Cl2NOS. The van der Waals surface area contributed by atoms with Crippen LogP contribution in [-0.2, 0) is 0 Å². The van der Waals surface area contributed by atoms with E-state index in [2.05, 4.69) is 4.98 Å². The molecule has 1 aliphatic carbocycles. The molecule has 94 valence electrons. The molecule has 1 heterocycles. The van der Waals surface area contributed by atoms with Crippen molar-refractivity contribution in [3.8, 4) is 0 Å². The highest BCUT2D eigenvalue weighted by Gasteiger charge is 2.18. The SMILES string of the molecule is OCC(=Cc1sc(Cl)nc1Cl)C1CCCCC1. The number of rotatable bonds is 3. The lowest BCUT2D eigenvalue weighted by atomic mass is 9.84. The summed E-state index contributed by atoms with van der Waals surface area (Å²) in [6, 6.07) is 0. The number of hydrogen-bond acceptors (Lipinski definition) is 3. The van der Waals surface area contributed by atoms with Crippen LogP contribution in [0.2, 0.25) is 9.62 Å². The minimum atomic E-state index is 0.0938. The predicted molar refractivity (Wildman–Crippen MR) is 73.8 cm³/mol. The van der Waals surface area contributed by atoms with E-state index in [1.165, 1.54) is 30.6 Å². The molecule has 17 heavy (non-hydrogen) atoms. The second-order valence-corrected chi connectivity index (χ2v) is 6.30. The van der Waals surface area contributed by atoms with Crippen molar-refractivity contribution in [3.63, 3.8) is 0 Å². The molecule has 0 bridgehead atoms. The maximum Gasteiger partial charge on any atom is 0.185 e. The number of aliphatic hydroxyl groups excluding tert-OH is 1. The lowest BCUT2D eigenvalue weighted by Crippen LogP contribution is -2.11. The van der Waals surface area contributed by atoms with Gasteiger partial charge in [0.05, 0.1) is 11.5 Å². The summed E-state index contributed by atoms with van der Waals surface area (Å²) in [6.07, 6.45) is 8.09. The lowest BCUT2D eigenvalue weighted by Gasteiger charge is -2.23. The molecular weight excluding hydrogens is 277 g/mol. The standard InChI is InChI=1S/C12H15Cl2NOS/c13-11-10(17-12(14)15-11)6-9(7-16)8-4-2-1-3-5-8/h6,8,16H,1-5,7H2. The average molecular weight is 292 g/mol. The fraction of sp³-hybridized carbons (Fsp3) is 0.583. The van der Waals surface area contributed by atoms with Crippen molar-refractivity contribution in [1.29, 1.82) is 0 Å². The summed E-state index contributed by atoms with van der Waals surface area (Å²) in [7, 11) is 0. The molecule has 2 nitrogen and oxygen atoms in total. The molecule has 0 radical (unpaired) electrons. The first-order valence-electron chi connectivity index (χ1n) is 5.84. The van der Waals surface area contributed by atoms with Crippen LogP contribution in [0.5, 0.6) is 0 Å². The van der Waals surface area contributed by atoms with E-state index in [-0.39, 0.29) is 6.61 Å². The van der Waals surface area contributed by atoms with Crippen LogP contribution in [-0.4, -0.2) is 16.7 Å². The van der Waals surface area contributed by atoms with Crippen molar-refractivity contribution in [2.75, 3.05) is 6.61 Å². The molecule has 1 aromatic heterocycles. The minimum absolute atomic E-state index is 0.0938. The fourth-order valence-electron chi connectivity index (χ4n) is 2.31. The first-order valence-corrected chi connectivity index (χ1v) is 7.41. The quantitative estimate of drug-likeness (QED) is 0.895. The maximum atomic E-state index is 9.48. The Kier molecular flexibility index (Phi) is 4.86. The van der Waals surface area contributed by atoms with Gasteiger partial charge in [-0.25, -0.2) is 4.98 Å². The Morgan fingerprint density at radius 1 is 1.35 bits per heavy atom. The fourth-order valence-corrected chi connectivity index (χ4v) is 3.65. The van der Waals surface area contributed by atoms with Crippen molar-refractivity contribution in [2.45, 2.75) is 32.1 Å².